The minimum atomic E-state index is 0.0937. The molecule has 0 radical (unpaired) electrons. The lowest BCUT2D eigenvalue weighted by molar-refractivity contribution is -0.125. The maximum Gasteiger partial charge on any atom is 0.136 e. The van der Waals surface area contributed by atoms with E-state index >= 15 is 0 Å². The van der Waals surface area contributed by atoms with E-state index in [-0.39, 0.29) is 5.92 Å². The lowest BCUT2D eigenvalue weighted by Crippen LogP contribution is -2.25. The molecule has 1 aliphatic rings. The molecule has 0 spiro atoms. The minimum Gasteiger partial charge on any atom is -0.299 e. The fraction of sp³-hybridized carbons (Fsp3) is 0.500. The minimum absolute atomic E-state index is 0.0937. The highest BCUT2D eigenvalue weighted by Gasteiger charge is 2.27. The highest BCUT2D eigenvalue weighted by Crippen LogP contribution is 2.33. The third-order valence-electron chi connectivity index (χ3n) is 3.54. The van der Waals surface area contributed by atoms with Crippen LogP contribution in [0.5, 0.6) is 0 Å². The summed E-state index contributed by atoms with van der Waals surface area (Å²) >= 11 is 12.3. The first-order valence-electron chi connectivity index (χ1n) is 6.03. The van der Waals surface area contributed by atoms with Gasteiger partial charge in [-0.15, -0.1) is 0 Å². The van der Waals surface area contributed by atoms with E-state index in [1.807, 2.05) is 18.2 Å². The first-order chi connectivity index (χ1) is 8.08. The van der Waals surface area contributed by atoms with Crippen molar-refractivity contribution in [3.8, 4) is 0 Å². The molecule has 0 N–H and O–H groups in total. The molecule has 0 aromatic heterocycles. The zero-order valence-electron chi connectivity index (χ0n) is 9.88. The Balaban J connectivity index is 2.17. The first kappa shape index (κ1) is 12.9. The van der Waals surface area contributed by atoms with E-state index in [1.54, 1.807) is 0 Å². The standard InChI is InChI=1S/C14H16Cl2O/c1-9-5-6-14(17)10(7-9)8-11-12(15)3-2-4-13(11)16/h2-4,9-10H,5-8H2,1H3. The molecule has 92 valence electrons. The van der Waals surface area contributed by atoms with E-state index < -0.39 is 0 Å². The molecular weight excluding hydrogens is 255 g/mol. The molecule has 1 aromatic rings. The van der Waals surface area contributed by atoms with E-state index in [0.717, 1.165) is 18.4 Å². The number of benzene rings is 1. The van der Waals surface area contributed by atoms with Crippen LogP contribution in [-0.2, 0) is 11.2 Å². The molecule has 1 aromatic carbocycles. The SMILES string of the molecule is CC1CCC(=O)C(Cc2c(Cl)cccc2Cl)C1. The molecule has 0 saturated heterocycles. The Bertz CT molecular complexity index is 408. The molecule has 1 aliphatic carbocycles. The third kappa shape index (κ3) is 3.02. The average molecular weight is 271 g/mol. The van der Waals surface area contributed by atoms with Crippen LogP contribution in [0.15, 0.2) is 18.2 Å². The van der Waals surface area contributed by atoms with Crippen LogP contribution in [0, 0.1) is 11.8 Å². The maximum atomic E-state index is 11.9. The highest BCUT2D eigenvalue weighted by atomic mass is 35.5. The Kier molecular flexibility index (Phi) is 4.11. The smallest absolute Gasteiger partial charge is 0.136 e. The van der Waals surface area contributed by atoms with Crippen LogP contribution < -0.4 is 0 Å². The molecule has 3 heteroatoms. The van der Waals surface area contributed by atoms with E-state index in [4.69, 9.17) is 23.2 Å². The second-order valence-electron chi connectivity index (χ2n) is 4.95. The third-order valence-corrected chi connectivity index (χ3v) is 4.25. The van der Waals surface area contributed by atoms with Crippen LogP contribution >= 0.6 is 23.2 Å². The van der Waals surface area contributed by atoms with Crippen LogP contribution in [0.4, 0.5) is 0 Å². The van der Waals surface area contributed by atoms with E-state index in [1.165, 1.54) is 0 Å². The fourth-order valence-corrected chi connectivity index (χ4v) is 3.05. The van der Waals surface area contributed by atoms with Crippen molar-refractivity contribution < 1.29 is 4.79 Å². The summed E-state index contributed by atoms with van der Waals surface area (Å²) in [4.78, 5) is 11.9. The van der Waals surface area contributed by atoms with Crippen LogP contribution in [0.25, 0.3) is 0 Å². The van der Waals surface area contributed by atoms with Gasteiger partial charge >= 0.3 is 0 Å². The summed E-state index contributed by atoms with van der Waals surface area (Å²) in [6.07, 6.45) is 3.36. The van der Waals surface area contributed by atoms with Gasteiger partial charge in [0.25, 0.3) is 0 Å². The quantitative estimate of drug-likeness (QED) is 0.771. The van der Waals surface area contributed by atoms with Crippen LogP contribution in [-0.4, -0.2) is 5.78 Å². The summed E-state index contributed by atoms with van der Waals surface area (Å²) in [5, 5.41) is 1.34. The summed E-state index contributed by atoms with van der Waals surface area (Å²) in [5.74, 6) is 1.08. The second kappa shape index (κ2) is 5.41. The number of hydrogen-bond donors (Lipinski definition) is 0. The van der Waals surface area contributed by atoms with Gasteiger partial charge < -0.3 is 0 Å². The van der Waals surface area contributed by atoms with Crippen molar-refractivity contribution in [1.82, 2.24) is 0 Å². The molecule has 0 bridgehead atoms. The van der Waals surface area contributed by atoms with Gasteiger partial charge in [-0.05, 0) is 42.9 Å². The summed E-state index contributed by atoms with van der Waals surface area (Å²) < 4.78 is 0. The Hall–Kier alpha value is -0.530. The summed E-state index contributed by atoms with van der Waals surface area (Å²) in [6.45, 7) is 2.20. The van der Waals surface area contributed by atoms with E-state index in [2.05, 4.69) is 6.92 Å². The van der Waals surface area contributed by atoms with Crippen molar-refractivity contribution in [2.75, 3.05) is 0 Å². The van der Waals surface area contributed by atoms with Gasteiger partial charge in [0.1, 0.15) is 5.78 Å². The molecule has 1 nitrogen and oxygen atoms in total. The molecule has 1 saturated carbocycles. The Labute approximate surface area is 112 Å². The normalized spacial score (nSPS) is 25.0. The molecule has 2 rings (SSSR count). The van der Waals surface area contributed by atoms with Crippen molar-refractivity contribution in [2.24, 2.45) is 11.8 Å². The highest BCUT2D eigenvalue weighted by molar-refractivity contribution is 6.36. The molecular formula is C14H16Cl2O. The summed E-state index contributed by atoms with van der Waals surface area (Å²) in [5.41, 5.74) is 0.920. The number of hydrogen-bond acceptors (Lipinski definition) is 1. The predicted octanol–water partition coefficient (Wildman–Crippen LogP) is 4.54. The van der Waals surface area contributed by atoms with Gasteiger partial charge in [-0.3, -0.25) is 4.79 Å². The Morgan fingerprint density at radius 2 is 1.94 bits per heavy atom. The molecule has 0 amide bonds. The van der Waals surface area contributed by atoms with Crippen molar-refractivity contribution in [3.63, 3.8) is 0 Å². The lowest BCUT2D eigenvalue weighted by atomic mass is 9.78. The lowest BCUT2D eigenvalue weighted by Gasteiger charge is -2.26. The van der Waals surface area contributed by atoms with Gasteiger partial charge in [0.2, 0.25) is 0 Å². The molecule has 0 heterocycles. The number of carbonyl (C=O) groups excluding carboxylic acids is 1. The van der Waals surface area contributed by atoms with Crippen molar-refractivity contribution in [1.29, 1.82) is 0 Å². The van der Waals surface area contributed by atoms with Crippen LogP contribution in [0.2, 0.25) is 10.0 Å². The summed E-state index contributed by atoms with van der Waals surface area (Å²) in [6, 6.07) is 5.50. The number of ketones is 1. The predicted molar refractivity (Wildman–Crippen MR) is 71.7 cm³/mol. The van der Waals surface area contributed by atoms with E-state index in [0.29, 0.717) is 34.6 Å². The second-order valence-corrected chi connectivity index (χ2v) is 5.76. The van der Waals surface area contributed by atoms with Gasteiger partial charge in [0.05, 0.1) is 0 Å². The Morgan fingerprint density at radius 3 is 2.59 bits per heavy atom. The topological polar surface area (TPSA) is 17.1 Å². The van der Waals surface area contributed by atoms with Crippen LogP contribution in [0.1, 0.15) is 31.7 Å². The zero-order valence-corrected chi connectivity index (χ0v) is 11.4. The van der Waals surface area contributed by atoms with Gasteiger partial charge in [0, 0.05) is 22.4 Å². The van der Waals surface area contributed by atoms with Gasteiger partial charge in [-0.1, -0.05) is 36.2 Å². The van der Waals surface area contributed by atoms with Crippen molar-refractivity contribution in [3.05, 3.63) is 33.8 Å². The first-order valence-corrected chi connectivity index (χ1v) is 6.79. The number of halogens is 2. The molecule has 17 heavy (non-hydrogen) atoms. The maximum absolute atomic E-state index is 11.9. The fourth-order valence-electron chi connectivity index (χ4n) is 2.50. The molecule has 1 fully saturated rings. The monoisotopic (exact) mass is 270 g/mol. The molecule has 2 atom stereocenters. The largest absolute Gasteiger partial charge is 0.299 e. The average Bonchev–Trinajstić information content (AvgIpc) is 2.28. The number of rotatable bonds is 2. The number of carbonyl (C=O) groups is 1. The summed E-state index contributed by atoms with van der Waals surface area (Å²) in [7, 11) is 0. The van der Waals surface area contributed by atoms with Gasteiger partial charge in [0.15, 0.2) is 0 Å². The van der Waals surface area contributed by atoms with Gasteiger partial charge in [-0.25, -0.2) is 0 Å². The molecule has 0 aliphatic heterocycles. The van der Waals surface area contributed by atoms with Crippen LogP contribution in [0.3, 0.4) is 0 Å². The van der Waals surface area contributed by atoms with Gasteiger partial charge in [-0.2, -0.15) is 0 Å². The van der Waals surface area contributed by atoms with Crippen molar-refractivity contribution in [2.45, 2.75) is 32.6 Å². The Morgan fingerprint density at radius 1 is 1.29 bits per heavy atom. The van der Waals surface area contributed by atoms with E-state index in [9.17, 15) is 4.79 Å². The van der Waals surface area contributed by atoms with Crippen molar-refractivity contribution >= 4 is 29.0 Å². The molecule has 2 unspecified atom stereocenters. The number of Topliss-reactive ketones (excluding diaryl/α,β-unsaturated/α-hetero) is 1. The zero-order chi connectivity index (χ0) is 12.4.